The number of nitrogens with two attached hydrogens (primary N) is 1. The van der Waals surface area contributed by atoms with Gasteiger partial charge in [-0.25, -0.2) is 4.39 Å². The third-order valence-corrected chi connectivity index (χ3v) is 2.87. The quantitative estimate of drug-likeness (QED) is 0.841. The Morgan fingerprint density at radius 2 is 2.13 bits per heavy atom. The normalized spacial score (nSPS) is 12.9. The predicted octanol–water partition coefficient (Wildman–Crippen LogP) is 3.46. The molecule has 0 saturated heterocycles. The van der Waals surface area contributed by atoms with E-state index in [9.17, 15) is 4.39 Å². The minimum Gasteiger partial charge on any atom is -0.328 e. The summed E-state index contributed by atoms with van der Waals surface area (Å²) in [4.78, 5) is 0. The van der Waals surface area contributed by atoms with Crippen molar-refractivity contribution in [2.45, 2.75) is 39.2 Å². The maximum atomic E-state index is 13.3. The van der Waals surface area contributed by atoms with Crippen LogP contribution in [0.5, 0.6) is 0 Å². The minimum atomic E-state index is -0.326. The molecule has 0 bridgehead atoms. The van der Waals surface area contributed by atoms with Crippen LogP contribution in [0.3, 0.4) is 0 Å². The fraction of sp³-hybridized carbons (Fsp3) is 0.500. The first kappa shape index (κ1) is 12.5. The summed E-state index contributed by atoms with van der Waals surface area (Å²) in [6.07, 6.45) is 2.80. The molecule has 1 nitrogen and oxygen atoms in total. The molecule has 0 radical (unpaired) electrons. The van der Waals surface area contributed by atoms with Crippen LogP contribution in [0.25, 0.3) is 0 Å². The molecule has 0 saturated carbocycles. The van der Waals surface area contributed by atoms with Crippen LogP contribution in [0.1, 0.15) is 30.9 Å². The molecule has 0 aliphatic rings. The van der Waals surface area contributed by atoms with Crippen molar-refractivity contribution in [2.75, 3.05) is 0 Å². The maximum absolute atomic E-state index is 13.3. The first-order valence-electron chi connectivity index (χ1n) is 5.21. The van der Waals surface area contributed by atoms with Gasteiger partial charge in [-0.15, -0.1) is 0 Å². The molecule has 0 aliphatic heterocycles. The predicted molar refractivity (Wildman–Crippen MR) is 62.7 cm³/mol. The molecule has 0 fully saturated rings. The summed E-state index contributed by atoms with van der Waals surface area (Å²) in [5.74, 6) is -0.326. The number of hydrogen-bond donors (Lipinski definition) is 1. The fourth-order valence-corrected chi connectivity index (χ4v) is 1.68. The van der Waals surface area contributed by atoms with Gasteiger partial charge in [-0.3, -0.25) is 0 Å². The zero-order valence-electron chi connectivity index (χ0n) is 9.19. The summed E-state index contributed by atoms with van der Waals surface area (Å²) in [6.45, 7) is 3.80. The van der Waals surface area contributed by atoms with Crippen LogP contribution >= 0.6 is 11.6 Å². The zero-order chi connectivity index (χ0) is 11.4. The number of aryl methyl sites for hydroxylation is 2. The lowest BCUT2D eigenvalue weighted by Crippen LogP contribution is -2.14. The van der Waals surface area contributed by atoms with Crippen molar-refractivity contribution in [3.8, 4) is 0 Å². The van der Waals surface area contributed by atoms with E-state index in [1.54, 1.807) is 0 Å². The molecule has 1 atom stereocenters. The van der Waals surface area contributed by atoms with Gasteiger partial charge in [0.2, 0.25) is 0 Å². The van der Waals surface area contributed by atoms with E-state index in [4.69, 9.17) is 17.3 Å². The monoisotopic (exact) mass is 229 g/mol. The molecule has 2 N–H and O–H groups in total. The van der Waals surface area contributed by atoms with E-state index in [1.165, 1.54) is 6.07 Å². The van der Waals surface area contributed by atoms with Gasteiger partial charge in [-0.1, -0.05) is 17.7 Å². The lowest BCUT2D eigenvalue weighted by molar-refractivity contribution is 0.611. The van der Waals surface area contributed by atoms with E-state index < -0.39 is 0 Å². The van der Waals surface area contributed by atoms with E-state index >= 15 is 0 Å². The molecule has 15 heavy (non-hydrogen) atoms. The summed E-state index contributed by atoms with van der Waals surface area (Å²) in [5, 5.41) is 0.228. The SMILES string of the molecule is Cc1cc(CCC[C@H](C)N)cc(F)c1Cl. The van der Waals surface area contributed by atoms with E-state index in [0.29, 0.717) is 0 Å². The van der Waals surface area contributed by atoms with Gasteiger partial charge in [0, 0.05) is 6.04 Å². The van der Waals surface area contributed by atoms with Gasteiger partial charge in [0.1, 0.15) is 5.82 Å². The smallest absolute Gasteiger partial charge is 0.142 e. The highest BCUT2D eigenvalue weighted by molar-refractivity contribution is 6.31. The molecule has 0 aromatic heterocycles. The Morgan fingerprint density at radius 1 is 1.47 bits per heavy atom. The third-order valence-electron chi connectivity index (χ3n) is 2.39. The highest BCUT2D eigenvalue weighted by atomic mass is 35.5. The number of hydrogen-bond acceptors (Lipinski definition) is 1. The van der Waals surface area contributed by atoms with Crippen molar-refractivity contribution in [2.24, 2.45) is 5.73 Å². The second kappa shape index (κ2) is 5.47. The van der Waals surface area contributed by atoms with Crippen molar-refractivity contribution >= 4 is 11.6 Å². The minimum absolute atomic E-state index is 0.211. The number of halogens is 2. The Hall–Kier alpha value is -0.600. The summed E-state index contributed by atoms with van der Waals surface area (Å²) in [5.41, 5.74) is 7.44. The van der Waals surface area contributed by atoms with Gasteiger partial charge in [-0.2, -0.15) is 0 Å². The van der Waals surface area contributed by atoms with E-state index in [-0.39, 0.29) is 16.9 Å². The molecule has 84 valence electrons. The molecule has 0 heterocycles. The van der Waals surface area contributed by atoms with Crippen molar-refractivity contribution in [1.82, 2.24) is 0 Å². The van der Waals surface area contributed by atoms with Crippen LogP contribution in [0.2, 0.25) is 5.02 Å². The van der Waals surface area contributed by atoms with Gasteiger partial charge >= 0.3 is 0 Å². The second-order valence-electron chi connectivity index (χ2n) is 4.08. The summed E-state index contributed by atoms with van der Waals surface area (Å²) in [6, 6.07) is 3.66. The molecular weight excluding hydrogens is 213 g/mol. The van der Waals surface area contributed by atoms with Gasteiger partial charge < -0.3 is 5.73 Å². The van der Waals surface area contributed by atoms with E-state index in [1.807, 2.05) is 19.9 Å². The Kier molecular flexibility index (Phi) is 4.55. The first-order chi connectivity index (χ1) is 7.00. The highest BCUT2D eigenvalue weighted by Crippen LogP contribution is 2.22. The fourth-order valence-electron chi connectivity index (χ4n) is 1.57. The second-order valence-corrected chi connectivity index (χ2v) is 4.46. The molecule has 0 spiro atoms. The maximum Gasteiger partial charge on any atom is 0.142 e. The molecule has 1 rings (SSSR count). The lowest BCUT2D eigenvalue weighted by Gasteiger charge is -2.07. The van der Waals surface area contributed by atoms with Gasteiger partial charge in [-0.05, 0) is 50.3 Å². The molecule has 0 aliphatic carbocycles. The third kappa shape index (κ3) is 3.80. The average molecular weight is 230 g/mol. The Morgan fingerprint density at radius 3 is 2.67 bits per heavy atom. The van der Waals surface area contributed by atoms with Crippen molar-refractivity contribution in [3.05, 3.63) is 34.1 Å². The van der Waals surface area contributed by atoms with Gasteiger partial charge in [0.25, 0.3) is 0 Å². The van der Waals surface area contributed by atoms with Crippen LogP contribution in [-0.2, 0) is 6.42 Å². The van der Waals surface area contributed by atoms with Crippen molar-refractivity contribution < 1.29 is 4.39 Å². The summed E-state index contributed by atoms with van der Waals surface area (Å²) in [7, 11) is 0. The number of benzene rings is 1. The van der Waals surface area contributed by atoms with Gasteiger partial charge in [0.05, 0.1) is 5.02 Å². The summed E-state index contributed by atoms with van der Waals surface area (Å²) >= 11 is 5.74. The van der Waals surface area contributed by atoms with Crippen LogP contribution in [-0.4, -0.2) is 6.04 Å². The zero-order valence-corrected chi connectivity index (χ0v) is 9.94. The molecule has 3 heteroatoms. The Balaban J connectivity index is 2.63. The average Bonchev–Trinajstić information content (AvgIpc) is 2.13. The largest absolute Gasteiger partial charge is 0.328 e. The van der Waals surface area contributed by atoms with Gasteiger partial charge in [0.15, 0.2) is 0 Å². The van der Waals surface area contributed by atoms with Crippen LogP contribution < -0.4 is 5.73 Å². The Labute approximate surface area is 95.4 Å². The molecular formula is C12H17ClFN. The molecule has 0 amide bonds. The standard InChI is InChI=1S/C12H17ClFN/c1-8-6-10(5-3-4-9(2)15)7-11(14)12(8)13/h6-7,9H,3-5,15H2,1-2H3/t9-/m0/s1. The lowest BCUT2D eigenvalue weighted by atomic mass is 10.0. The summed E-state index contributed by atoms with van der Waals surface area (Å²) < 4.78 is 13.3. The topological polar surface area (TPSA) is 26.0 Å². The van der Waals surface area contributed by atoms with Crippen LogP contribution in [0.4, 0.5) is 4.39 Å². The Bertz CT molecular complexity index is 313. The molecule has 0 unspecified atom stereocenters. The van der Waals surface area contributed by atoms with Crippen LogP contribution in [0.15, 0.2) is 12.1 Å². The van der Waals surface area contributed by atoms with E-state index in [0.717, 1.165) is 30.4 Å². The first-order valence-corrected chi connectivity index (χ1v) is 5.58. The number of rotatable bonds is 4. The van der Waals surface area contributed by atoms with Crippen LogP contribution in [0, 0.1) is 12.7 Å². The van der Waals surface area contributed by atoms with Crippen molar-refractivity contribution in [1.29, 1.82) is 0 Å². The van der Waals surface area contributed by atoms with E-state index in [2.05, 4.69) is 0 Å². The molecule has 1 aromatic carbocycles. The highest BCUT2D eigenvalue weighted by Gasteiger charge is 2.05. The van der Waals surface area contributed by atoms with Crippen molar-refractivity contribution in [3.63, 3.8) is 0 Å². The molecule has 1 aromatic rings.